The number of aldehydes is 1. The number of aliphatic hydroxyl groups excluding tert-OH is 1. The largest absolute Gasteiger partial charge is 0.458 e. The van der Waals surface area contributed by atoms with Crippen LogP contribution in [0.1, 0.15) is 88.5 Å². The number of hydrogen-bond donors (Lipinski definition) is 1. The zero-order valence-corrected chi connectivity index (χ0v) is 44.6. The van der Waals surface area contributed by atoms with Gasteiger partial charge in [0.15, 0.2) is 36.9 Å². The molecule has 0 amide bonds. The smallest absolute Gasteiger partial charge is 0.309 e. The van der Waals surface area contributed by atoms with Crippen LogP contribution >= 0.6 is 22.6 Å². The second-order valence-electron chi connectivity index (χ2n) is 18.3. The lowest BCUT2D eigenvalue weighted by atomic mass is 9.79. The van der Waals surface area contributed by atoms with Crippen molar-refractivity contribution in [3.63, 3.8) is 0 Å². The van der Waals surface area contributed by atoms with Gasteiger partial charge in [0.2, 0.25) is 0 Å². The molecule has 378 valence electrons. The quantitative estimate of drug-likeness (QED) is 0.0463. The Bertz CT molecular complexity index is 1640. The summed E-state index contributed by atoms with van der Waals surface area (Å²) in [5, 5.41) is 11.8. The molecule has 0 aliphatic carbocycles. The molecule has 0 spiro atoms. The van der Waals surface area contributed by atoms with Crippen molar-refractivity contribution in [2.24, 2.45) is 23.7 Å². The third-order valence-corrected chi connectivity index (χ3v) is 19.2. The predicted molar refractivity (Wildman–Crippen MR) is 255 cm³/mol. The summed E-state index contributed by atoms with van der Waals surface area (Å²) in [5.74, 6) is -4.82. The summed E-state index contributed by atoms with van der Waals surface area (Å²) >= 11 is 2.02. The first kappa shape index (κ1) is 58.1. The molecule has 3 aliphatic heterocycles. The van der Waals surface area contributed by atoms with Crippen LogP contribution in [0.15, 0.2) is 23.8 Å². The lowest BCUT2D eigenvalue weighted by Crippen LogP contribution is -2.65. The Morgan fingerprint density at radius 1 is 0.864 bits per heavy atom. The molecule has 3 rings (SSSR count). The number of aliphatic hydroxyl groups is 1. The monoisotopic (exact) mass is 1070 g/mol. The number of hydrogen-bond acceptors (Lipinski definition) is 17. The summed E-state index contributed by atoms with van der Waals surface area (Å²) in [6.07, 6.45) is -3.82. The summed E-state index contributed by atoms with van der Waals surface area (Å²) in [4.78, 5) is 66.4. The fourth-order valence-corrected chi connectivity index (χ4v) is 12.9. The molecule has 3 aliphatic rings. The van der Waals surface area contributed by atoms with Gasteiger partial charge in [0, 0.05) is 52.2 Å². The first-order valence-corrected chi connectivity index (χ1v) is 27.1. The number of esters is 3. The molecule has 2 saturated heterocycles. The summed E-state index contributed by atoms with van der Waals surface area (Å²) < 4.78 is 61.4. The Kier molecular flexibility index (Phi) is 24.0. The molecule has 0 aromatic heterocycles. The number of methoxy groups -OCH3 is 2. The number of nitrogens with zero attached hydrogens (tertiary/aromatic N) is 1. The van der Waals surface area contributed by atoms with Crippen LogP contribution in [0.25, 0.3) is 0 Å². The molecule has 3 heterocycles. The van der Waals surface area contributed by atoms with Crippen LogP contribution in [0, 0.1) is 23.7 Å². The van der Waals surface area contributed by atoms with Gasteiger partial charge in [0.25, 0.3) is 0 Å². The Balaban J connectivity index is 1.98. The number of ketones is 1. The van der Waals surface area contributed by atoms with Gasteiger partial charge in [-0.3, -0.25) is 24.1 Å². The Labute approximate surface area is 406 Å². The van der Waals surface area contributed by atoms with Gasteiger partial charge < -0.3 is 57.0 Å². The molecule has 1 N–H and O–H groups in total. The number of allylic oxidation sites excluding steroid dienone is 3. The number of carbonyl (C=O) groups is 5. The molecule has 66 heavy (non-hydrogen) atoms. The van der Waals surface area contributed by atoms with Crippen LogP contribution in [0.2, 0.25) is 18.1 Å². The van der Waals surface area contributed by atoms with Gasteiger partial charge in [0.05, 0.1) is 49.6 Å². The average molecular weight is 1070 g/mol. The first-order valence-electron chi connectivity index (χ1n) is 23.3. The molecule has 19 heteroatoms. The maximum absolute atomic E-state index is 13.8. The van der Waals surface area contributed by atoms with E-state index in [9.17, 15) is 29.1 Å². The fraction of sp³-hybridized carbons (Fsp3) is 0.809. The Hall–Kier alpha value is -2.18. The number of halogens is 1. The molecule has 0 bridgehead atoms. The Morgan fingerprint density at radius 2 is 1.44 bits per heavy atom. The van der Waals surface area contributed by atoms with Gasteiger partial charge in [-0.1, -0.05) is 52.3 Å². The van der Waals surface area contributed by atoms with Crippen molar-refractivity contribution in [3.8, 4) is 0 Å². The van der Waals surface area contributed by atoms with E-state index in [1.807, 2.05) is 42.5 Å². The minimum Gasteiger partial charge on any atom is -0.458 e. The van der Waals surface area contributed by atoms with E-state index in [0.29, 0.717) is 5.57 Å². The highest BCUT2D eigenvalue weighted by atomic mass is 127. The van der Waals surface area contributed by atoms with E-state index in [-0.39, 0.29) is 31.3 Å². The number of ether oxygens (including phenoxy) is 9. The lowest BCUT2D eigenvalue weighted by Gasteiger charge is -2.48. The highest BCUT2D eigenvalue weighted by molar-refractivity contribution is 14.1. The van der Waals surface area contributed by atoms with Crippen molar-refractivity contribution in [2.75, 3.05) is 34.9 Å². The van der Waals surface area contributed by atoms with Crippen molar-refractivity contribution in [3.05, 3.63) is 23.8 Å². The summed E-state index contributed by atoms with van der Waals surface area (Å²) in [5.41, 5.74) is 0.695. The molecule has 7 unspecified atom stereocenters. The zero-order valence-electron chi connectivity index (χ0n) is 41.5. The van der Waals surface area contributed by atoms with Gasteiger partial charge in [-0.25, -0.2) is 0 Å². The van der Waals surface area contributed by atoms with E-state index in [0.717, 1.165) is 24.4 Å². The summed E-state index contributed by atoms with van der Waals surface area (Å²) in [6, 6.07) is 2.13. The molecular formula is C47H78INO16Si. The van der Waals surface area contributed by atoms with Gasteiger partial charge in [-0.15, -0.1) is 0 Å². The van der Waals surface area contributed by atoms with Crippen LogP contribution in [0.3, 0.4) is 0 Å². The van der Waals surface area contributed by atoms with Gasteiger partial charge in [-0.05, 0) is 94.0 Å². The molecule has 0 aromatic carbocycles. The third-order valence-electron chi connectivity index (χ3n) is 13.4. The van der Waals surface area contributed by atoms with E-state index >= 15 is 0 Å². The summed E-state index contributed by atoms with van der Waals surface area (Å²) in [7, 11) is 4.61. The molecule has 0 radical (unpaired) electrons. The maximum atomic E-state index is 13.8. The van der Waals surface area contributed by atoms with Crippen LogP contribution < -0.4 is 0 Å². The van der Waals surface area contributed by atoms with Gasteiger partial charge in [-0.2, -0.15) is 0 Å². The highest BCUT2D eigenvalue weighted by Gasteiger charge is 2.52. The number of alkyl halides is 1. The zero-order chi connectivity index (χ0) is 49.6. The van der Waals surface area contributed by atoms with Gasteiger partial charge >= 0.3 is 17.9 Å². The van der Waals surface area contributed by atoms with Crippen LogP contribution in [-0.2, 0) is 71.0 Å². The SMILES string of the molecule is CC[Si](CC)(CC)O[C@@H]1C(C)O[C@@H](OCC2/C=C(C)/C=C/C(=O)[C@H](C)C[C@H](CC=O)[C@H](O[C@@H]3OC(C)[C@@H](OC(C)=O)C(N(C)C)C3OC(C)=O)[C@@H](C)[C@H](O)CC(=O)O[C@@H]2I)C(OC)C1OC. The molecule has 2 fully saturated rings. The van der Waals surface area contributed by atoms with Crippen molar-refractivity contribution >= 4 is 60.9 Å². The third kappa shape index (κ3) is 15.7. The number of rotatable bonds is 17. The fourth-order valence-electron chi connectivity index (χ4n) is 9.33. The van der Waals surface area contributed by atoms with Crippen molar-refractivity contribution in [1.82, 2.24) is 4.90 Å². The first-order chi connectivity index (χ1) is 31.1. The molecule has 17 nitrogen and oxygen atoms in total. The second kappa shape index (κ2) is 27.3. The topological polar surface area (TPSA) is 201 Å². The predicted octanol–water partition coefficient (Wildman–Crippen LogP) is 5.72. The normalized spacial score (nSPS) is 37.9. The minimum absolute atomic E-state index is 0.0189. The van der Waals surface area contributed by atoms with E-state index in [4.69, 9.17) is 47.1 Å². The van der Waals surface area contributed by atoms with E-state index in [1.54, 1.807) is 60.1 Å². The highest BCUT2D eigenvalue weighted by Crippen LogP contribution is 2.37. The number of likely N-dealkylation sites (N-methyl/N-ethyl adjacent to an activating group) is 1. The van der Waals surface area contributed by atoms with E-state index in [2.05, 4.69) is 20.8 Å². The molecule has 0 saturated carbocycles. The van der Waals surface area contributed by atoms with Gasteiger partial charge in [0.1, 0.15) is 24.6 Å². The maximum Gasteiger partial charge on any atom is 0.309 e. The Morgan fingerprint density at radius 3 is 1.98 bits per heavy atom. The van der Waals surface area contributed by atoms with Crippen molar-refractivity contribution in [1.29, 1.82) is 0 Å². The lowest BCUT2D eigenvalue weighted by molar-refractivity contribution is -0.308. The number of carbonyl (C=O) groups excluding carboxylic acids is 5. The average Bonchev–Trinajstić information content (AvgIpc) is 3.25. The van der Waals surface area contributed by atoms with E-state index in [1.165, 1.54) is 19.9 Å². The summed E-state index contributed by atoms with van der Waals surface area (Å²) in [6.45, 7) is 17.9. The van der Waals surface area contributed by atoms with Crippen LogP contribution in [0.4, 0.5) is 0 Å². The second-order valence-corrected chi connectivity index (χ2v) is 24.2. The van der Waals surface area contributed by atoms with Crippen LogP contribution in [0.5, 0.6) is 0 Å². The minimum atomic E-state index is -2.06. The van der Waals surface area contributed by atoms with Crippen molar-refractivity contribution < 1.29 is 76.1 Å². The van der Waals surface area contributed by atoms with Crippen LogP contribution in [-0.4, -0.2) is 161 Å². The molecular weight excluding hydrogens is 989 g/mol. The standard InChI is InChI=1S/C47H78INO16Si/c1-15-66(16-2,17-3)65-41-30(8)59-46(44(57-14)43(41)56-13)58-25-34-22-26(4)18-19-35(53)27(5)23-33(20-21-50)39(28(6)36(54)24-37(55)63-45(34)48)64-47-42(62-32(10)52)38(49(11)12)40(29(7)60-47)61-31(9)51/h18-19,21-22,27-30,33-34,36,38-47,54H,15-17,20,23-25H2,1-14H3/b19-18+,26-22+/t27-,28+,29?,30?,33+,34?,36-,38?,39-,40-,41-,42?,43?,44?,45+,46-,47+/m1/s1. The van der Waals surface area contributed by atoms with Crippen molar-refractivity contribution in [2.45, 2.75) is 184 Å². The molecule has 0 aromatic rings. The molecule has 17 atom stereocenters. The number of cyclic esters (lactones) is 1. The van der Waals surface area contributed by atoms with E-state index < -0.39 is 128 Å².